The van der Waals surface area contributed by atoms with Gasteiger partial charge in [-0.15, -0.1) is 0 Å². The molecular weight excluding hydrogens is 342 g/mol. The lowest BCUT2D eigenvalue weighted by Gasteiger charge is -2.13. The van der Waals surface area contributed by atoms with Gasteiger partial charge < -0.3 is 0 Å². The van der Waals surface area contributed by atoms with Crippen molar-refractivity contribution in [2.24, 2.45) is 10.3 Å². The number of hydrogen-bond donors (Lipinski definition) is 0. The highest BCUT2D eigenvalue weighted by atomic mass is 32.1. The summed E-state index contributed by atoms with van der Waals surface area (Å²) in [6.45, 7) is 0.990. The van der Waals surface area contributed by atoms with Crippen molar-refractivity contribution in [2.45, 2.75) is 12.6 Å². The Balaban J connectivity index is 1.49. The molecule has 1 unspecified atom stereocenters. The van der Waals surface area contributed by atoms with E-state index >= 15 is 0 Å². The summed E-state index contributed by atoms with van der Waals surface area (Å²) in [6, 6.07) is 13.5. The van der Waals surface area contributed by atoms with Gasteiger partial charge in [0.15, 0.2) is 0 Å². The maximum Gasteiger partial charge on any atom is 0.269 e. The largest absolute Gasteiger partial charge is 0.269 e. The number of non-ortho nitro benzene ring substituents is 1. The van der Waals surface area contributed by atoms with E-state index in [2.05, 4.69) is 10.3 Å². The van der Waals surface area contributed by atoms with E-state index in [0.29, 0.717) is 13.1 Å². The van der Waals surface area contributed by atoms with Gasteiger partial charge in [-0.3, -0.25) is 18.9 Å². The zero-order valence-corrected chi connectivity index (χ0v) is 13.8. The summed E-state index contributed by atoms with van der Waals surface area (Å²) in [5.74, 6) is 0. The molecule has 0 saturated heterocycles. The van der Waals surface area contributed by atoms with E-state index in [-0.39, 0.29) is 17.3 Å². The van der Waals surface area contributed by atoms with Gasteiger partial charge in [0.2, 0.25) is 0 Å². The fourth-order valence-corrected chi connectivity index (χ4v) is 3.79. The molecule has 1 aromatic heterocycles. The van der Waals surface area contributed by atoms with E-state index in [4.69, 9.17) is 0 Å². The van der Waals surface area contributed by atoms with Crippen molar-refractivity contribution in [2.75, 3.05) is 11.6 Å². The fourth-order valence-electron chi connectivity index (χ4n) is 2.73. The maximum atomic E-state index is 12.4. The third-order valence-corrected chi connectivity index (χ3v) is 5.08. The van der Waals surface area contributed by atoms with Crippen molar-refractivity contribution in [3.63, 3.8) is 0 Å². The molecule has 1 aliphatic heterocycles. The Morgan fingerprint density at radius 1 is 1.20 bits per heavy atom. The van der Waals surface area contributed by atoms with Crippen LogP contribution in [0.4, 0.5) is 11.4 Å². The number of nitro groups is 1. The molecule has 0 spiro atoms. The summed E-state index contributed by atoms with van der Waals surface area (Å²) in [5.41, 5.74) is 0.762. The standard InChI is InChI=1S/C16H13N5O3S/c22-16-14-3-1-2-4-15(14)25-20(16)10-11-9-19(18-17-11)12-5-7-13(8-6-12)21(23)24/h1-8,11H,9-10H2. The summed E-state index contributed by atoms with van der Waals surface area (Å²) in [7, 11) is 0. The smallest absolute Gasteiger partial charge is 0.268 e. The van der Waals surface area contributed by atoms with Crippen LogP contribution in [0.2, 0.25) is 0 Å². The first kappa shape index (κ1) is 15.5. The predicted molar refractivity (Wildman–Crippen MR) is 95.2 cm³/mol. The number of nitrogens with zero attached hydrogens (tertiary/aromatic N) is 5. The molecule has 1 atom stereocenters. The average Bonchev–Trinajstić information content (AvgIpc) is 3.21. The van der Waals surface area contributed by atoms with Crippen LogP contribution in [-0.2, 0) is 6.54 Å². The summed E-state index contributed by atoms with van der Waals surface area (Å²) in [4.78, 5) is 22.7. The summed E-state index contributed by atoms with van der Waals surface area (Å²) in [6.07, 6.45) is 0. The SMILES string of the molecule is O=c1c2ccccc2sn1CC1CN(c2ccc([N+](=O)[O-])cc2)N=N1. The highest BCUT2D eigenvalue weighted by molar-refractivity contribution is 7.13. The molecular formula is C16H13N5O3S. The van der Waals surface area contributed by atoms with Gasteiger partial charge in [0.1, 0.15) is 6.04 Å². The lowest BCUT2D eigenvalue weighted by Crippen LogP contribution is -2.26. The van der Waals surface area contributed by atoms with E-state index < -0.39 is 4.92 Å². The number of hydrogen-bond acceptors (Lipinski definition) is 7. The van der Waals surface area contributed by atoms with Gasteiger partial charge >= 0.3 is 0 Å². The number of anilines is 1. The van der Waals surface area contributed by atoms with E-state index in [1.165, 1.54) is 23.7 Å². The highest BCUT2D eigenvalue weighted by Crippen LogP contribution is 2.24. The van der Waals surface area contributed by atoms with Gasteiger partial charge in [-0.2, -0.15) is 5.11 Å². The van der Waals surface area contributed by atoms with Gasteiger partial charge in [-0.1, -0.05) is 28.9 Å². The number of benzene rings is 2. The van der Waals surface area contributed by atoms with Gasteiger partial charge in [-0.25, -0.2) is 5.01 Å². The first-order valence-electron chi connectivity index (χ1n) is 7.63. The zero-order chi connectivity index (χ0) is 17.4. The Morgan fingerprint density at radius 2 is 1.96 bits per heavy atom. The molecule has 0 amide bonds. The van der Waals surface area contributed by atoms with E-state index in [1.807, 2.05) is 24.3 Å². The predicted octanol–water partition coefficient (Wildman–Crippen LogP) is 3.23. The monoisotopic (exact) mass is 355 g/mol. The van der Waals surface area contributed by atoms with Crippen molar-refractivity contribution in [3.05, 3.63) is 69.0 Å². The van der Waals surface area contributed by atoms with Crippen molar-refractivity contribution in [1.29, 1.82) is 0 Å². The topological polar surface area (TPSA) is 93.1 Å². The van der Waals surface area contributed by atoms with Crippen LogP contribution in [0.5, 0.6) is 0 Å². The molecule has 25 heavy (non-hydrogen) atoms. The van der Waals surface area contributed by atoms with Crippen molar-refractivity contribution >= 4 is 33.0 Å². The molecule has 8 nitrogen and oxygen atoms in total. The Hall–Kier alpha value is -3.07. The molecule has 3 aromatic rings. The van der Waals surface area contributed by atoms with Gasteiger partial charge in [0, 0.05) is 12.1 Å². The minimum Gasteiger partial charge on any atom is -0.268 e. The van der Waals surface area contributed by atoms with Crippen LogP contribution in [0.1, 0.15) is 0 Å². The molecule has 126 valence electrons. The Kier molecular flexibility index (Phi) is 3.77. The second-order valence-electron chi connectivity index (χ2n) is 5.67. The molecule has 2 aromatic carbocycles. The van der Waals surface area contributed by atoms with E-state index in [0.717, 1.165) is 15.8 Å². The van der Waals surface area contributed by atoms with Gasteiger partial charge in [-0.05, 0) is 24.3 Å². The summed E-state index contributed by atoms with van der Waals surface area (Å²) >= 11 is 1.42. The lowest BCUT2D eigenvalue weighted by molar-refractivity contribution is -0.384. The fraction of sp³-hybridized carbons (Fsp3) is 0.188. The van der Waals surface area contributed by atoms with Crippen LogP contribution in [0.3, 0.4) is 0 Å². The lowest BCUT2D eigenvalue weighted by atomic mass is 10.2. The molecule has 0 radical (unpaired) electrons. The van der Waals surface area contributed by atoms with Crippen LogP contribution in [0, 0.1) is 10.1 Å². The summed E-state index contributed by atoms with van der Waals surface area (Å²) in [5, 5.41) is 21.5. The third-order valence-electron chi connectivity index (χ3n) is 3.99. The molecule has 0 N–H and O–H groups in total. The third kappa shape index (κ3) is 2.89. The van der Waals surface area contributed by atoms with Crippen LogP contribution < -0.4 is 10.6 Å². The number of aromatic nitrogens is 1. The van der Waals surface area contributed by atoms with E-state index in [1.54, 1.807) is 21.1 Å². The first-order valence-corrected chi connectivity index (χ1v) is 8.41. The number of nitro benzene ring substituents is 1. The normalized spacial score (nSPS) is 16.6. The molecule has 0 saturated carbocycles. The van der Waals surface area contributed by atoms with Gasteiger partial charge in [0.05, 0.1) is 33.8 Å². The Labute approximate surface area is 145 Å². The Morgan fingerprint density at radius 3 is 2.68 bits per heavy atom. The van der Waals surface area contributed by atoms with Crippen molar-refractivity contribution < 1.29 is 4.92 Å². The van der Waals surface area contributed by atoms with Gasteiger partial charge in [0.25, 0.3) is 11.2 Å². The van der Waals surface area contributed by atoms with Crippen LogP contribution in [0.25, 0.3) is 10.1 Å². The minimum atomic E-state index is -0.439. The minimum absolute atomic E-state index is 0.00964. The van der Waals surface area contributed by atoms with Crippen LogP contribution in [0.15, 0.2) is 63.7 Å². The molecule has 0 fully saturated rings. The van der Waals surface area contributed by atoms with Crippen molar-refractivity contribution in [1.82, 2.24) is 3.96 Å². The molecule has 9 heteroatoms. The summed E-state index contributed by atoms with van der Waals surface area (Å²) < 4.78 is 2.66. The highest BCUT2D eigenvalue weighted by Gasteiger charge is 2.23. The molecule has 4 rings (SSSR count). The van der Waals surface area contributed by atoms with Crippen molar-refractivity contribution in [3.8, 4) is 0 Å². The first-order chi connectivity index (χ1) is 12.1. The molecule has 0 bridgehead atoms. The maximum absolute atomic E-state index is 12.4. The van der Waals surface area contributed by atoms with Crippen LogP contribution in [-0.4, -0.2) is 21.5 Å². The molecule has 0 aliphatic carbocycles. The molecule has 1 aliphatic rings. The quantitative estimate of drug-likeness (QED) is 0.530. The number of rotatable bonds is 4. The Bertz CT molecular complexity index is 1020. The average molecular weight is 355 g/mol. The molecule has 2 heterocycles. The number of fused-ring (bicyclic) bond motifs is 1. The second-order valence-corrected chi connectivity index (χ2v) is 6.73. The zero-order valence-electron chi connectivity index (χ0n) is 13.0. The van der Waals surface area contributed by atoms with Crippen LogP contribution >= 0.6 is 11.5 Å². The second kappa shape index (κ2) is 6.10. The van der Waals surface area contributed by atoms with E-state index in [9.17, 15) is 14.9 Å².